The molecule has 6 nitrogen and oxygen atoms in total. The molecular formula is C22H20BrN3O3. The lowest BCUT2D eigenvalue weighted by atomic mass is 10.0. The second kappa shape index (κ2) is 9.75. The van der Waals surface area contributed by atoms with E-state index in [4.69, 9.17) is 10.5 Å². The van der Waals surface area contributed by atoms with E-state index in [1.165, 1.54) is 0 Å². The van der Waals surface area contributed by atoms with E-state index in [1.807, 2.05) is 54.6 Å². The number of carbonyl (C=O) groups excluding carboxylic acids is 2. The summed E-state index contributed by atoms with van der Waals surface area (Å²) in [6.45, 7) is 0. The third-order valence-electron chi connectivity index (χ3n) is 4.07. The number of urea groups is 1. The van der Waals surface area contributed by atoms with Crippen LogP contribution in [-0.4, -0.2) is 11.9 Å². The number of hydrogen-bond acceptors (Lipinski definition) is 3. The van der Waals surface area contributed by atoms with Crippen LogP contribution in [0.4, 0.5) is 10.5 Å². The molecule has 0 aliphatic carbocycles. The SMILES string of the molecule is NC(=O)NC(CC(=O)Nc1ccc(Oc2ccccc2)cc1)c1cccc(Br)c1. The quantitative estimate of drug-likeness (QED) is 0.470. The van der Waals surface area contributed by atoms with Crippen LogP contribution in [0.25, 0.3) is 0 Å². The Labute approximate surface area is 177 Å². The number of halogens is 1. The summed E-state index contributed by atoms with van der Waals surface area (Å²) in [4.78, 5) is 23.8. The Morgan fingerprint density at radius 3 is 2.28 bits per heavy atom. The molecule has 1 atom stereocenters. The lowest BCUT2D eigenvalue weighted by Crippen LogP contribution is -2.35. The molecule has 0 saturated heterocycles. The summed E-state index contributed by atoms with van der Waals surface area (Å²) in [7, 11) is 0. The monoisotopic (exact) mass is 453 g/mol. The predicted octanol–water partition coefficient (Wildman–Crippen LogP) is 4.98. The van der Waals surface area contributed by atoms with Gasteiger partial charge in [0.25, 0.3) is 0 Å². The lowest BCUT2D eigenvalue weighted by Gasteiger charge is -2.18. The second-order valence-electron chi connectivity index (χ2n) is 6.31. The summed E-state index contributed by atoms with van der Waals surface area (Å²) < 4.78 is 6.58. The minimum absolute atomic E-state index is 0.0433. The van der Waals surface area contributed by atoms with Gasteiger partial charge in [-0.25, -0.2) is 4.79 Å². The molecule has 3 amide bonds. The third-order valence-corrected chi connectivity index (χ3v) is 4.57. The first kappa shape index (κ1) is 20.4. The van der Waals surface area contributed by atoms with Gasteiger partial charge in [0.15, 0.2) is 0 Å². The van der Waals surface area contributed by atoms with Gasteiger partial charge >= 0.3 is 6.03 Å². The fraction of sp³-hybridized carbons (Fsp3) is 0.0909. The van der Waals surface area contributed by atoms with E-state index in [-0.39, 0.29) is 12.3 Å². The average Bonchev–Trinajstić information content (AvgIpc) is 2.69. The number of ether oxygens (including phenoxy) is 1. The number of benzene rings is 3. The van der Waals surface area contributed by atoms with Gasteiger partial charge in [0.1, 0.15) is 11.5 Å². The van der Waals surface area contributed by atoms with E-state index < -0.39 is 12.1 Å². The van der Waals surface area contributed by atoms with Crippen molar-refractivity contribution in [3.8, 4) is 11.5 Å². The number of primary amides is 1. The van der Waals surface area contributed by atoms with Crippen LogP contribution >= 0.6 is 15.9 Å². The van der Waals surface area contributed by atoms with E-state index >= 15 is 0 Å². The van der Waals surface area contributed by atoms with Crippen molar-refractivity contribution in [1.82, 2.24) is 5.32 Å². The normalized spacial score (nSPS) is 11.3. The topological polar surface area (TPSA) is 93.5 Å². The molecule has 3 aromatic carbocycles. The highest BCUT2D eigenvalue weighted by Crippen LogP contribution is 2.24. The van der Waals surface area contributed by atoms with Crippen LogP contribution in [0.3, 0.4) is 0 Å². The number of anilines is 1. The zero-order valence-electron chi connectivity index (χ0n) is 15.5. The molecule has 4 N–H and O–H groups in total. The molecule has 0 spiro atoms. The second-order valence-corrected chi connectivity index (χ2v) is 7.22. The summed E-state index contributed by atoms with van der Waals surface area (Å²) in [6, 6.07) is 22.6. The Morgan fingerprint density at radius 2 is 1.62 bits per heavy atom. The number of carbonyl (C=O) groups is 2. The smallest absolute Gasteiger partial charge is 0.312 e. The fourth-order valence-electron chi connectivity index (χ4n) is 2.78. The van der Waals surface area contributed by atoms with Gasteiger partial charge in [-0.3, -0.25) is 4.79 Å². The minimum Gasteiger partial charge on any atom is -0.457 e. The highest BCUT2D eigenvalue weighted by molar-refractivity contribution is 9.10. The first-order valence-electron chi connectivity index (χ1n) is 8.94. The molecular weight excluding hydrogens is 434 g/mol. The molecule has 0 radical (unpaired) electrons. The molecule has 1 unspecified atom stereocenters. The Bertz CT molecular complexity index is 978. The van der Waals surface area contributed by atoms with Crippen LogP contribution in [-0.2, 0) is 4.79 Å². The molecule has 148 valence electrons. The van der Waals surface area contributed by atoms with Crippen molar-refractivity contribution in [1.29, 1.82) is 0 Å². The summed E-state index contributed by atoms with van der Waals surface area (Å²) >= 11 is 3.39. The first-order valence-corrected chi connectivity index (χ1v) is 9.73. The van der Waals surface area contributed by atoms with Crippen LogP contribution in [0.1, 0.15) is 18.0 Å². The van der Waals surface area contributed by atoms with Crippen LogP contribution in [0.2, 0.25) is 0 Å². The van der Waals surface area contributed by atoms with Crippen molar-refractivity contribution in [2.24, 2.45) is 5.73 Å². The molecule has 3 aromatic rings. The molecule has 3 rings (SSSR count). The number of nitrogens with two attached hydrogens (primary N) is 1. The number of amides is 3. The van der Waals surface area contributed by atoms with Gasteiger partial charge in [0, 0.05) is 10.2 Å². The summed E-state index contributed by atoms with van der Waals surface area (Å²) in [5, 5.41) is 5.44. The van der Waals surface area contributed by atoms with Crippen molar-refractivity contribution in [3.63, 3.8) is 0 Å². The van der Waals surface area contributed by atoms with E-state index in [2.05, 4.69) is 26.6 Å². The van der Waals surface area contributed by atoms with E-state index in [1.54, 1.807) is 24.3 Å². The van der Waals surface area contributed by atoms with Gasteiger partial charge in [-0.15, -0.1) is 0 Å². The Kier molecular flexibility index (Phi) is 6.86. The fourth-order valence-corrected chi connectivity index (χ4v) is 3.19. The first-order chi connectivity index (χ1) is 14.0. The van der Waals surface area contributed by atoms with Crippen LogP contribution in [0.5, 0.6) is 11.5 Å². The van der Waals surface area contributed by atoms with Gasteiger partial charge in [0.2, 0.25) is 5.91 Å². The average molecular weight is 454 g/mol. The number of rotatable bonds is 7. The van der Waals surface area contributed by atoms with Gasteiger partial charge in [-0.05, 0) is 54.1 Å². The molecule has 0 heterocycles. The maximum absolute atomic E-state index is 12.5. The highest BCUT2D eigenvalue weighted by Gasteiger charge is 2.18. The summed E-state index contributed by atoms with van der Waals surface area (Å²) in [5.74, 6) is 1.15. The molecule has 0 fully saturated rings. The Morgan fingerprint density at radius 1 is 0.931 bits per heavy atom. The summed E-state index contributed by atoms with van der Waals surface area (Å²) in [6.07, 6.45) is 0.0433. The maximum atomic E-state index is 12.5. The van der Waals surface area contributed by atoms with Crippen molar-refractivity contribution in [2.45, 2.75) is 12.5 Å². The standard InChI is InChI=1S/C22H20BrN3O3/c23-16-6-4-5-15(13-16)20(26-22(24)28)14-21(27)25-17-9-11-19(12-10-17)29-18-7-2-1-3-8-18/h1-13,20H,14H2,(H,25,27)(H3,24,26,28). The van der Waals surface area contributed by atoms with Crippen molar-refractivity contribution >= 4 is 33.6 Å². The minimum atomic E-state index is -0.690. The molecule has 29 heavy (non-hydrogen) atoms. The molecule has 0 saturated carbocycles. The van der Waals surface area contributed by atoms with Crippen LogP contribution < -0.4 is 21.1 Å². The number of para-hydroxylation sites is 1. The van der Waals surface area contributed by atoms with Gasteiger partial charge < -0.3 is 21.1 Å². The van der Waals surface area contributed by atoms with E-state index in [0.29, 0.717) is 11.4 Å². The van der Waals surface area contributed by atoms with Crippen LogP contribution in [0, 0.1) is 0 Å². The zero-order chi connectivity index (χ0) is 20.6. The van der Waals surface area contributed by atoms with Gasteiger partial charge in [-0.1, -0.05) is 46.3 Å². The van der Waals surface area contributed by atoms with Crippen molar-refractivity contribution in [2.75, 3.05) is 5.32 Å². The predicted molar refractivity (Wildman–Crippen MR) is 116 cm³/mol. The third kappa shape index (κ3) is 6.36. The Balaban J connectivity index is 1.63. The van der Waals surface area contributed by atoms with E-state index in [9.17, 15) is 9.59 Å². The molecule has 0 aliphatic heterocycles. The van der Waals surface area contributed by atoms with Gasteiger partial charge in [0.05, 0.1) is 12.5 Å². The zero-order valence-corrected chi connectivity index (χ0v) is 17.1. The number of hydrogen-bond donors (Lipinski definition) is 3. The summed E-state index contributed by atoms with van der Waals surface area (Å²) in [5.41, 5.74) is 6.67. The molecule has 0 bridgehead atoms. The van der Waals surface area contributed by atoms with E-state index in [0.717, 1.165) is 15.8 Å². The van der Waals surface area contributed by atoms with Crippen molar-refractivity contribution < 1.29 is 14.3 Å². The molecule has 7 heteroatoms. The van der Waals surface area contributed by atoms with Crippen molar-refractivity contribution in [3.05, 3.63) is 88.9 Å². The largest absolute Gasteiger partial charge is 0.457 e. The molecule has 0 aromatic heterocycles. The lowest BCUT2D eigenvalue weighted by molar-refractivity contribution is -0.116. The van der Waals surface area contributed by atoms with Gasteiger partial charge in [-0.2, -0.15) is 0 Å². The maximum Gasteiger partial charge on any atom is 0.312 e. The number of nitrogens with one attached hydrogen (secondary N) is 2. The molecule has 0 aliphatic rings. The highest BCUT2D eigenvalue weighted by atomic mass is 79.9. The van der Waals surface area contributed by atoms with Crippen LogP contribution in [0.15, 0.2) is 83.3 Å². The Hall–Kier alpha value is -3.32.